The molecule has 0 saturated heterocycles. The molecule has 4 N–H and O–H groups in total. The summed E-state index contributed by atoms with van der Waals surface area (Å²) >= 11 is 7.41. The average molecular weight is 406 g/mol. The molecule has 27 heavy (non-hydrogen) atoms. The summed E-state index contributed by atoms with van der Waals surface area (Å²) in [7, 11) is 0. The van der Waals surface area contributed by atoms with Gasteiger partial charge >= 0.3 is 0 Å². The van der Waals surface area contributed by atoms with E-state index in [4.69, 9.17) is 23.1 Å². The van der Waals surface area contributed by atoms with Crippen molar-refractivity contribution in [3.63, 3.8) is 0 Å². The smallest absolute Gasteiger partial charge is 0.262 e. The fraction of sp³-hybridized carbons (Fsp3) is 0.353. The van der Waals surface area contributed by atoms with E-state index in [2.05, 4.69) is 33.8 Å². The van der Waals surface area contributed by atoms with Crippen LogP contribution in [0.25, 0.3) is 10.9 Å². The Morgan fingerprint density at radius 1 is 1.15 bits per heavy atom. The van der Waals surface area contributed by atoms with Crippen LogP contribution in [0, 0.1) is 5.92 Å². The minimum atomic E-state index is -0.0884. The molecule has 0 bridgehead atoms. The molecule has 0 aliphatic carbocycles. The van der Waals surface area contributed by atoms with Gasteiger partial charge in [-0.1, -0.05) is 37.2 Å². The maximum atomic E-state index is 13.0. The summed E-state index contributed by atoms with van der Waals surface area (Å²) in [5.74, 6) is 1.37. The fourth-order valence-corrected chi connectivity index (χ4v) is 3.57. The molecule has 0 aliphatic rings. The highest BCUT2D eigenvalue weighted by molar-refractivity contribution is 7.98. The highest BCUT2D eigenvalue weighted by Crippen LogP contribution is 2.23. The van der Waals surface area contributed by atoms with Crippen LogP contribution in [0.1, 0.15) is 26.1 Å². The van der Waals surface area contributed by atoms with Crippen LogP contribution in [-0.2, 0) is 12.3 Å². The summed E-state index contributed by atoms with van der Waals surface area (Å²) in [6.45, 7) is 4.80. The number of thioether (sulfide) groups is 1. The van der Waals surface area contributed by atoms with Crippen molar-refractivity contribution in [2.75, 3.05) is 11.5 Å². The van der Waals surface area contributed by atoms with E-state index in [1.54, 1.807) is 22.8 Å². The highest BCUT2D eigenvalue weighted by Gasteiger charge is 2.14. The van der Waals surface area contributed by atoms with Gasteiger partial charge in [0.1, 0.15) is 5.82 Å². The van der Waals surface area contributed by atoms with Crippen LogP contribution < -0.4 is 17.0 Å². The second kappa shape index (κ2) is 8.10. The molecule has 0 aliphatic heterocycles. The number of hydrogen-bond acceptors (Lipinski definition) is 8. The summed E-state index contributed by atoms with van der Waals surface area (Å²) in [5, 5.41) is 1.65. The van der Waals surface area contributed by atoms with Gasteiger partial charge in [-0.25, -0.2) is 4.98 Å². The molecular formula is C17H20ClN7OS. The first-order valence-corrected chi connectivity index (χ1v) is 9.78. The van der Waals surface area contributed by atoms with Gasteiger partial charge in [0.25, 0.3) is 5.56 Å². The molecule has 0 unspecified atom stereocenters. The molecule has 3 rings (SSSR count). The lowest BCUT2D eigenvalue weighted by molar-refractivity contribution is 0.481. The lowest BCUT2D eigenvalue weighted by atomic mass is 10.1. The van der Waals surface area contributed by atoms with Crippen molar-refractivity contribution in [2.24, 2.45) is 5.92 Å². The van der Waals surface area contributed by atoms with Gasteiger partial charge in [-0.15, -0.1) is 0 Å². The summed E-state index contributed by atoms with van der Waals surface area (Å²) in [4.78, 5) is 29.5. The number of anilines is 2. The van der Waals surface area contributed by atoms with E-state index in [0.717, 1.165) is 6.42 Å². The number of nitrogens with zero attached hydrogens (tertiary/aromatic N) is 5. The Balaban J connectivity index is 2.00. The fourth-order valence-electron chi connectivity index (χ4n) is 2.52. The largest absolute Gasteiger partial charge is 0.368 e. The third-order valence-electron chi connectivity index (χ3n) is 3.86. The Hall–Kier alpha value is -2.39. The van der Waals surface area contributed by atoms with Crippen LogP contribution in [0.4, 0.5) is 11.9 Å². The SMILES string of the molecule is CC(C)CCn1c(SCc2nc(N)nc(N)n2)nc2cc(Cl)ccc2c1=O. The van der Waals surface area contributed by atoms with Crippen LogP contribution in [0.15, 0.2) is 28.2 Å². The normalized spacial score (nSPS) is 11.4. The van der Waals surface area contributed by atoms with E-state index >= 15 is 0 Å². The lowest BCUT2D eigenvalue weighted by Gasteiger charge is -2.14. The van der Waals surface area contributed by atoms with Gasteiger partial charge in [-0.3, -0.25) is 9.36 Å². The number of nitrogen functional groups attached to an aromatic ring is 2. The number of rotatable bonds is 6. The van der Waals surface area contributed by atoms with Crippen LogP contribution in [-0.4, -0.2) is 24.5 Å². The molecular weight excluding hydrogens is 386 g/mol. The van der Waals surface area contributed by atoms with Gasteiger partial charge in [-0.2, -0.15) is 15.0 Å². The summed E-state index contributed by atoms with van der Waals surface area (Å²) in [6.07, 6.45) is 0.861. The van der Waals surface area contributed by atoms with E-state index in [1.165, 1.54) is 11.8 Å². The van der Waals surface area contributed by atoms with Crippen molar-refractivity contribution in [3.05, 3.63) is 39.4 Å². The molecule has 3 aromatic rings. The number of nitrogens with two attached hydrogens (primary N) is 2. The molecule has 1 aromatic carbocycles. The van der Waals surface area contributed by atoms with E-state index in [9.17, 15) is 4.79 Å². The molecule has 8 nitrogen and oxygen atoms in total. The topological polar surface area (TPSA) is 126 Å². The average Bonchev–Trinajstić information content (AvgIpc) is 2.58. The molecule has 0 atom stereocenters. The van der Waals surface area contributed by atoms with E-state index < -0.39 is 0 Å². The maximum absolute atomic E-state index is 13.0. The lowest BCUT2D eigenvalue weighted by Crippen LogP contribution is -2.24. The number of benzene rings is 1. The Morgan fingerprint density at radius 2 is 1.85 bits per heavy atom. The third kappa shape index (κ3) is 4.67. The molecule has 0 saturated carbocycles. The minimum absolute atomic E-state index is 0.0635. The second-order valence-electron chi connectivity index (χ2n) is 6.45. The summed E-state index contributed by atoms with van der Waals surface area (Å²) in [5.41, 5.74) is 11.7. The summed E-state index contributed by atoms with van der Waals surface area (Å²) in [6, 6.07) is 5.09. The Morgan fingerprint density at radius 3 is 2.52 bits per heavy atom. The predicted octanol–water partition coefficient (Wildman–Crippen LogP) is 2.74. The molecule has 0 spiro atoms. The molecule has 2 heterocycles. The van der Waals surface area contributed by atoms with Gasteiger partial charge in [0.2, 0.25) is 11.9 Å². The van der Waals surface area contributed by atoms with Gasteiger partial charge in [0.05, 0.1) is 16.7 Å². The van der Waals surface area contributed by atoms with Gasteiger partial charge in [0.15, 0.2) is 5.16 Å². The second-order valence-corrected chi connectivity index (χ2v) is 7.83. The number of aromatic nitrogens is 5. The standard InChI is InChI=1S/C17H20ClN7OS/c1-9(2)5-6-25-14(26)11-4-3-10(18)7-12(11)21-17(25)27-8-13-22-15(19)24-16(20)23-13/h3-4,7,9H,5-6,8H2,1-2H3,(H4,19,20,22,23,24). The first-order valence-electron chi connectivity index (χ1n) is 8.42. The molecule has 2 aromatic heterocycles. The molecule has 10 heteroatoms. The van der Waals surface area contributed by atoms with Crippen molar-refractivity contribution >= 4 is 46.2 Å². The zero-order chi connectivity index (χ0) is 19.6. The van der Waals surface area contributed by atoms with E-state index in [1.807, 2.05) is 0 Å². The van der Waals surface area contributed by atoms with Gasteiger partial charge in [-0.05, 0) is 30.5 Å². The van der Waals surface area contributed by atoms with Crippen LogP contribution >= 0.6 is 23.4 Å². The van der Waals surface area contributed by atoms with E-state index in [-0.39, 0.29) is 17.5 Å². The van der Waals surface area contributed by atoms with Crippen LogP contribution in [0.5, 0.6) is 0 Å². The van der Waals surface area contributed by atoms with Crippen LogP contribution in [0.2, 0.25) is 5.02 Å². The predicted molar refractivity (Wildman–Crippen MR) is 109 cm³/mol. The van der Waals surface area contributed by atoms with Gasteiger partial charge < -0.3 is 11.5 Å². The number of hydrogen-bond donors (Lipinski definition) is 2. The van der Waals surface area contributed by atoms with Crippen molar-refractivity contribution in [2.45, 2.75) is 37.7 Å². The summed E-state index contributed by atoms with van der Waals surface area (Å²) < 4.78 is 1.69. The minimum Gasteiger partial charge on any atom is -0.368 e. The third-order valence-corrected chi connectivity index (χ3v) is 5.07. The van der Waals surface area contributed by atoms with E-state index in [0.29, 0.717) is 45.1 Å². The Labute approximate surface area is 165 Å². The zero-order valence-corrected chi connectivity index (χ0v) is 16.6. The Bertz CT molecular complexity index is 1020. The van der Waals surface area contributed by atoms with Crippen molar-refractivity contribution in [1.82, 2.24) is 24.5 Å². The molecule has 0 radical (unpaired) electrons. The van der Waals surface area contributed by atoms with Crippen molar-refractivity contribution in [1.29, 1.82) is 0 Å². The van der Waals surface area contributed by atoms with Crippen molar-refractivity contribution in [3.8, 4) is 0 Å². The number of halogens is 1. The highest BCUT2D eigenvalue weighted by atomic mass is 35.5. The Kier molecular flexibility index (Phi) is 5.81. The zero-order valence-electron chi connectivity index (χ0n) is 15.0. The molecule has 142 valence electrons. The monoisotopic (exact) mass is 405 g/mol. The number of fused-ring (bicyclic) bond motifs is 1. The van der Waals surface area contributed by atoms with Gasteiger partial charge in [0, 0.05) is 11.6 Å². The molecule has 0 fully saturated rings. The molecule has 0 amide bonds. The van der Waals surface area contributed by atoms with Crippen LogP contribution in [0.3, 0.4) is 0 Å². The maximum Gasteiger partial charge on any atom is 0.262 e. The van der Waals surface area contributed by atoms with Crippen molar-refractivity contribution < 1.29 is 0 Å². The quantitative estimate of drug-likeness (QED) is 0.473. The first kappa shape index (κ1) is 19.4. The first-order chi connectivity index (χ1) is 12.8.